The predicted octanol–water partition coefficient (Wildman–Crippen LogP) is 24.9. The summed E-state index contributed by atoms with van der Waals surface area (Å²) < 4.78 is 2.95. The van der Waals surface area contributed by atoms with Crippen LogP contribution in [0, 0.1) is 76.9 Å². The van der Waals surface area contributed by atoms with Gasteiger partial charge in [-0.3, -0.25) is 20.2 Å². The molecule has 11 aromatic rings. The van der Waals surface area contributed by atoms with Crippen LogP contribution < -0.4 is 28.7 Å². The van der Waals surface area contributed by atoms with Gasteiger partial charge in [-0.05, 0) is 186 Å². The van der Waals surface area contributed by atoms with Crippen LogP contribution in [0.1, 0.15) is 130 Å². The number of aromatic nitrogens is 3. The van der Waals surface area contributed by atoms with E-state index in [4.69, 9.17) is 55.6 Å². The fourth-order valence-corrected chi connectivity index (χ4v) is 10.7. The molecule has 0 fully saturated rings. The van der Waals surface area contributed by atoms with Crippen molar-refractivity contribution in [3.8, 4) is 6.07 Å². The van der Waals surface area contributed by atoms with Crippen molar-refractivity contribution in [3.63, 3.8) is 0 Å². The molecule has 0 unspecified atom stereocenters. The number of halogens is 3. The number of nitrogen functional groups attached to an aromatic ring is 4. The first-order valence-electron chi connectivity index (χ1n) is 35.8. The molecule has 586 valence electrons. The zero-order valence-electron chi connectivity index (χ0n) is 65.0. The summed E-state index contributed by atoms with van der Waals surface area (Å²) in [4.78, 5) is 32.0. The molecule has 112 heavy (non-hydrogen) atoms. The highest BCUT2D eigenvalue weighted by Crippen LogP contribution is 2.36. The largest absolute Gasteiger partial charge is 0.399 e. The first-order chi connectivity index (χ1) is 52.4. The summed E-state index contributed by atoms with van der Waals surface area (Å²) >= 11 is 10.2. The number of nitriles is 1. The minimum atomic E-state index is -0.499. The van der Waals surface area contributed by atoms with Gasteiger partial charge in [0.25, 0.3) is 25.5 Å². The minimum absolute atomic E-state index is 0. The number of nitrogens with one attached hydrogen (secondary N) is 4. The number of hydrogen-bond donors (Lipinski definition) is 9. The van der Waals surface area contributed by atoms with Gasteiger partial charge in [0, 0.05) is 112 Å². The molecule has 27 heteroatoms. The summed E-state index contributed by atoms with van der Waals surface area (Å²) in [5, 5.41) is 83.8. The van der Waals surface area contributed by atoms with Crippen LogP contribution in [-0.4, -0.2) is 67.8 Å². The number of benzene rings is 8. The standard InChI is InChI=1S/2C20H20BrN5.C11H14N2O2.C11H16N2.C9H7BrN2.C7H4N2O2.C3H9N.CH4.3CH3.Al/c2*1-12(2)9-18(22)13-4-7-16(8-5-13)25-26-19-17-10-15(21)6-3-14(17)11-24-20(19)23;1-8(2)7-11(12)9-3-5-10(6-4-9)13(14)15;1-8(2)7-11(13)9-3-5-10(12)6-4-9;10-8-2-1-6-5-12-9(11)4-7(6)3-8;8-5-6-1-3-7(4-2-6)9(10)11;1-3(2)4;;;;;/h2*3-8,10-12,22H,9H2,1-2H3,(H2,23,24);3-6,8,12H,7H2,1-2H3;3-6,8,13H,7,12H2,1-2H3;1-5H,(H2,11,12);1-4H;3H,4H2,1-2H3;1H4;3*1H3;. The highest BCUT2D eigenvalue weighted by atomic mass is 79.9. The first kappa shape index (κ1) is 95.5. The van der Waals surface area contributed by atoms with Gasteiger partial charge in [-0.2, -0.15) is 15.5 Å². The summed E-state index contributed by atoms with van der Waals surface area (Å²) in [6, 6.07) is 55.9. The van der Waals surface area contributed by atoms with Crippen LogP contribution in [0.2, 0.25) is 17.4 Å². The van der Waals surface area contributed by atoms with Gasteiger partial charge in [-0.25, -0.2) is 15.0 Å². The number of nitrogens with two attached hydrogens (primary N) is 5. The van der Waals surface area contributed by atoms with Crippen molar-refractivity contribution in [1.82, 2.24) is 15.0 Å². The summed E-state index contributed by atoms with van der Waals surface area (Å²) in [7, 11) is 0. The lowest BCUT2D eigenvalue weighted by atomic mass is 10.0. The van der Waals surface area contributed by atoms with Crippen LogP contribution in [-0.2, 0) is 0 Å². The van der Waals surface area contributed by atoms with Crippen molar-refractivity contribution in [3.05, 3.63) is 262 Å². The second-order valence-electron chi connectivity index (χ2n) is 28.2. The van der Waals surface area contributed by atoms with Gasteiger partial charge in [-0.15, -0.1) is 27.6 Å². The molecule has 0 radical (unpaired) electrons. The van der Waals surface area contributed by atoms with Crippen LogP contribution >= 0.6 is 47.8 Å². The average Bonchev–Trinajstić information content (AvgIpc) is 0.807. The molecule has 0 saturated carbocycles. The normalized spacial score (nSPS) is 10.5. The molecule has 8 aromatic carbocycles. The smallest absolute Gasteiger partial charge is 0.269 e. The number of nitrogens with zero attached hydrogens (tertiary/aromatic N) is 10. The third kappa shape index (κ3) is 35.1. The van der Waals surface area contributed by atoms with Crippen LogP contribution in [0.5, 0.6) is 0 Å². The molecular formula is C85H103AlBr3N19O4. The van der Waals surface area contributed by atoms with Crippen molar-refractivity contribution in [2.24, 2.45) is 49.9 Å². The lowest BCUT2D eigenvalue weighted by Gasteiger charge is -2.07. The van der Waals surface area contributed by atoms with E-state index < -0.39 is 9.85 Å². The Balaban J connectivity index is 0.000000351. The average molecular weight is 1720 g/mol. The Bertz CT molecular complexity index is 4780. The molecule has 11 rings (SSSR count). The van der Waals surface area contributed by atoms with E-state index in [0.717, 1.165) is 92.9 Å². The Morgan fingerprint density at radius 1 is 0.446 bits per heavy atom. The van der Waals surface area contributed by atoms with E-state index in [1.165, 1.54) is 36.4 Å². The Kier molecular flexibility index (Phi) is 41.6. The molecule has 0 spiro atoms. The van der Waals surface area contributed by atoms with Crippen molar-refractivity contribution < 1.29 is 9.85 Å². The molecule has 0 aliphatic rings. The molecule has 23 nitrogen and oxygen atoms in total. The zero-order valence-corrected chi connectivity index (χ0v) is 70.9. The van der Waals surface area contributed by atoms with E-state index in [1.807, 2.05) is 167 Å². The second-order valence-corrected chi connectivity index (χ2v) is 34.4. The summed E-state index contributed by atoms with van der Waals surface area (Å²) in [6.45, 7) is 20.6. The fraction of sp³-hybridized carbons (Fsp3) is 0.271. The number of fused-ring (bicyclic) bond motifs is 3. The highest BCUT2D eigenvalue weighted by Gasteiger charge is 2.13. The SMILES string of the molecule is C.CC(C)CC(=N)c1ccc(N)cc1.CC(C)CC(=N)c1ccc(N=Nc2c(N)ncc3ccc(Br)cc23)cc1.CC(C)CC(=N)c1ccc(N=Nc2c(N)ncc3ccc(Br)cc23)cc1.CC(C)CC(=N)c1ccc([N+](=O)[O-])cc1.CC(C)N.N#Cc1ccc([N+](=O)[O-])cc1.Nc1cc2cc(Br)ccc2cn1.[CH3][Al]([CH3])[CH3]. The van der Waals surface area contributed by atoms with Gasteiger partial charge in [0.05, 0.1) is 32.9 Å². The van der Waals surface area contributed by atoms with Crippen LogP contribution in [0.3, 0.4) is 0 Å². The Morgan fingerprint density at radius 3 is 1.06 bits per heavy atom. The van der Waals surface area contributed by atoms with E-state index in [0.29, 0.717) is 105 Å². The third-order valence-corrected chi connectivity index (χ3v) is 16.2. The van der Waals surface area contributed by atoms with E-state index in [9.17, 15) is 20.2 Å². The van der Waals surface area contributed by atoms with Gasteiger partial charge in [0.2, 0.25) is 0 Å². The molecule has 0 aliphatic carbocycles. The van der Waals surface area contributed by atoms with Gasteiger partial charge in [0.15, 0.2) is 11.6 Å². The van der Waals surface area contributed by atoms with Gasteiger partial charge in [-0.1, -0.05) is 179 Å². The van der Waals surface area contributed by atoms with Crippen molar-refractivity contribution in [1.29, 1.82) is 26.9 Å². The van der Waals surface area contributed by atoms with E-state index in [1.54, 1.807) is 30.7 Å². The quantitative estimate of drug-likeness (QED) is 0.00964. The first-order valence-corrected chi connectivity index (χ1v) is 41.6. The molecule has 3 aromatic heterocycles. The summed E-state index contributed by atoms with van der Waals surface area (Å²) in [5.41, 5.74) is 38.0. The molecule has 14 N–H and O–H groups in total. The third-order valence-electron chi connectivity index (χ3n) is 14.7. The highest BCUT2D eigenvalue weighted by molar-refractivity contribution is 9.11. The lowest BCUT2D eigenvalue weighted by Crippen LogP contribution is -2.06. The molecule has 0 amide bonds. The maximum absolute atomic E-state index is 10.4. The second kappa shape index (κ2) is 48.8. The maximum atomic E-state index is 10.4. The molecule has 3 heterocycles. The van der Waals surface area contributed by atoms with Crippen LogP contribution in [0.15, 0.2) is 234 Å². The molecular weight excluding hydrogens is 1620 g/mol. The lowest BCUT2D eigenvalue weighted by molar-refractivity contribution is -0.385. The van der Waals surface area contributed by atoms with E-state index in [-0.39, 0.29) is 33.0 Å². The number of nitro benzene ring substituents is 2. The van der Waals surface area contributed by atoms with Gasteiger partial charge >= 0.3 is 0 Å². The van der Waals surface area contributed by atoms with Gasteiger partial charge in [0.1, 0.15) is 17.2 Å². The number of rotatable bonds is 18. The van der Waals surface area contributed by atoms with Crippen molar-refractivity contribution in [2.75, 3.05) is 22.9 Å². The van der Waals surface area contributed by atoms with Crippen molar-refractivity contribution in [2.45, 2.75) is 126 Å². The summed E-state index contributed by atoms with van der Waals surface area (Å²) in [5.74, 6) is 10.0. The molecule has 0 aliphatic heterocycles. The predicted molar refractivity (Wildman–Crippen MR) is 479 cm³/mol. The maximum Gasteiger partial charge on any atom is 0.269 e. The van der Waals surface area contributed by atoms with Gasteiger partial charge < -0.3 is 50.3 Å². The minimum Gasteiger partial charge on any atom is -0.399 e. The molecule has 0 saturated heterocycles. The Hall–Kier alpha value is -10.7. The van der Waals surface area contributed by atoms with Crippen molar-refractivity contribution >= 4 is 174 Å². The summed E-state index contributed by atoms with van der Waals surface area (Å²) in [6.07, 6.45) is 8.26. The zero-order chi connectivity index (χ0) is 82.6. The van der Waals surface area contributed by atoms with Crippen LogP contribution in [0.25, 0.3) is 32.3 Å². The number of pyridine rings is 3. The number of non-ortho nitro benzene ring substituents is 2. The van der Waals surface area contributed by atoms with E-state index in [2.05, 4.69) is 142 Å². The number of azo groups is 2. The fourth-order valence-electron chi connectivity index (χ4n) is 9.61. The Morgan fingerprint density at radius 2 is 0.741 bits per heavy atom. The van der Waals surface area contributed by atoms with Crippen LogP contribution in [0.4, 0.5) is 57.3 Å². The molecule has 0 atom stereocenters. The topological polar surface area (TPSA) is 424 Å². The number of nitro groups is 2. The number of anilines is 4. The van der Waals surface area contributed by atoms with E-state index >= 15 is 0 Å². The monoisotopic (exact) mass is 1720 g/mol. The Labute approximate surface area is 687 Å². The molecule has 0 bridgehead atoms. The number of hydrogen-bond acceptors (Lipinski definition) is 21.